The van der Waals surface area contributed by atoms with Crippen molar-refractivity contribution < 1.29 is 27.2 Å². The number of hydrogen-bond acceptors (Lipinski definition) is 3. The Morgan fingerprint density at radius 1 is 1.16 bits per heavy atom. The van der Waals surface area contributed by atoms with E-state index in [9.17, 15) is 27.2 Å². The van der Waals surface area contributed by atoms with Crippen LogP contribution in [0.5, 0.6) is 0 Å². The van der Waals surface area contributed by atoms with Crippen LogP contribution < -0.4 is 5.32 Å². The summed E-state index contributed by atoms with van der Waals surface area (Å²) in [5.74, 6) is -0.320. The summed E-state index contributed by atoms with van der Waals surface area (Å²) in [6.07, 6.45) is -3.28. The van der Waals surface area contributed by atoms with Crippen LogP contribution in [0.25, 0.3) is 0 Å². The number of benzene rings is 2. The maximum Gasteiger partial charge on any atom is 0.416 e. The predicted octanol–water partition coefficient (Wildman–Crippen LogP) is 4.81. The third kappa shape index (κ3) is 6.72. The van der Waals surface area contributed by atoms with Crippen LogP contribution in [-0.2, 0) is 15.8 Å². The van der Waals surface area contributed by atoms with Crippen LogP contribution >= 0.6 is 11.8 Å². The number of nitrogens with zero attached hydrogens (tertiary/aromatic N) is 1. The maximum atomic E-state index is 13.1. The fraction of sp³-hybridized carbons (Fsp3) is 0.364. The van der Waals surface area contributed by atoms with Gasteiger partial charge in [-0.15, -0.1) is 11.8 Å². The molecule has 31 heavy (non-hydrogen) atoms. The molecule has 2 amide bonds. The molecule has 0 unspecified atom stereocenters. The van der Waals surface area contributed by atoms with Gasteiger partial charge in [0.2, 0.25) is 11.8 Å². The van der Waals surface area contributed by atoms with Crippen molar-refractivity contribution in [2.24, 2.45) is 0 Å². The van der Waals surface area contributed by atoms with Gasteiger partial charge in [0.05, 0.1) is 11.6 Å². The zero-order valence-corrected chi connectivity index (χ0v) is 17.4. The lowest BCUT2D eigenvalue weighted by molar-refractivity contribution is -0.137. The van der Waals surface area contributed by atoms with Crippen LogP contribution in [0.1, 0.15) is 36.4 Å². The van der Waals surface area contributed by atoms with Gasteiger partial charge in [-0.05, 0) is 48.4 Å². The Morgan fingerprint density at radius 2 is 1.90 bits per heavy atom. The Kier molecular flexibility index (Phi) is 7.59. The van der Waals surface area contributed by atoms with Gasteiger partial charge in [0.1, 0.15) is 5.82 Å². The zero-order chi connectivity index (χ0) is 22.4. The van der Waals surface area contributed by atoms with E-state index in [2.05, 4.69) is 5.32 Å². The normalized spacial score (nSPS) is 15.2. The Morgan fingerprint density at radius 3 is 2.55 bits per heavy atom. The van der Waals surface area contributed by atoms with Gasteiger partial charge in [-0.2, -0.15) is 13.2 Å². The van der Waals surface area contributed by atoms with Crippen LogP contribution in [0.15, 0.2) is 53.4 Å². The molecule has 2 aromatic carbocycles. The van der Waals surface area contributed by atoms with Gasteiger partial charge < -0.3 is 10.2 Å². The second kappa shape index (κ2) is 10.2. The first-order chi connectivity index (χ1) is 14.7. The third-order valence-corrected chi connectivity index (χ3v) is 5.95. The van der Waals surface area contributed by atoms with E-state index in [0.717, 1.165) is 17.0 Å². The molecule has 1 aliphatic heterocycles. The highest BCUT2D eigenvalue weighted by Gasteiger charge is 2.32. The van der Waals surface area contributed by atoms with Crippen molar-refractivity contribution in [2.75, 3.05) is 18.8 Å². The Labute approximate surface area is 182 Å². The van der Waals surface area contributed by atoms with Crippen molar-refractivity contribution in [3.05, 3.63) is 65.5 Å². The topological polar surface area (TPSA) is 49.4 Å². The first-order valence-corrected chi connectivity index (χ1v) is 10.8. The summed E-state index contributed by atoms with van der Waals surface area (Å²) < 4.78 is 52.4. The first kappa shape index (κ1) is 23.1. The van der Waals surface area contributed by atoms with E-state index in [-0.39, 0.29) is 30.6 Å². The van der Waals surface area contributed by atoms with Crippen LogP contribution in [0.2, 0.25) is 0 Å². The standard InChI is InChI=1S/C22H22F4N2O2S/c23-17-6-8-18(9-7-17)31-12-10-20(29)27-19(14-28-11-2-5-21(28)30)15-3-1-4-16(13-15)22(24,25)26/h1,3-4,6-9,13,19H,2,5,10-12,14H2,(H,27,29)/t19-/m1/s1. The molecule has 3 rings (SSSR count). The van der Waals surface area contributed by atoms with Gasteiger partial charge in [-0.25, -0.2) is 4.39 Å². The Bertz CT molecular complexity index is 918. The number of likely N-dealkylation sites (tertiary alicyclic amines) is 1. The summed E-state index contributed by atoms with van der Waals surface area (Å²) in [5.41, 5.74) is -0.502. The molecule has 0 radical (unpaired) electrons. The predicted molar refractivity (Wildman–Crippen MR) is 110 cm³/mol. The van der Waals surface area contributed by atoms with E-state index in [1.54, 1.807) is 17.0 Å². The molecule has 166 valence electrons. The van der Waals surface area contributed by atoms with E-state index in [0.29, 0.717) is 30.7 Å². The summed E-state index contributed by atoms with van der Waals surface area (Å²) in [6.45, 7) is 0.640. The lowest BCUT2D eigenvalue weighted by Crippen LogP contribution is -2.38. The lowest BCUT2D eigenvalue weighted by atomic mass is 10.0. The molecule has 1 aliphatic rings. The summed E-state index contributed by atoms with van der Waals surface area (Å²) >= 11 is 1.38. The molecule has 1 fully saturated rings. The molecule has 9 heteroatoms. The fourth-order valence-electron chi connectivity index (χ4n) is 3.34. The highest BCUT2D eigenvalue weighted by atomic mass is 32.2. The van der Waals surface area contributed by atoms with Gasteiger partial charge in [-0.3, -0.25) is 9.59 Å². The minimum absolute atomic E-state index is 0.0712. The number of alkyl halides is 3. The Balaban J connectivity index is 1.66. The highest BCUT2D eigenvalue weighted by Crippen LogP contribution is 2.31. The molecule has 1 saturated heterocycles. The quantitative estimate of drug-likeness (QED) is 0.460. The molecule has 0 saturated carbocycles. The second-order valence-electron chi connectivity index (χ2n) is 7.24. The number of amides is 2. The number of hydrogen-bond donors (Lipinski definition) is 1. The molecule has 4 nitrogen and oxygen atoms in total. The molecule has 0 aliphatic carbocycles. The van der Waals surface area contributed by atoms with E-state index in [1.165, 1.54) is 36.0 Å². The maximum absolute atomic E-state index is 13.1. The minimum atomic E-state index is -4.50. The van der Waals surface area contributed by atoms with Crippen molar-refractivity contribution in [3.63, 3.8) is 0 Å². The summed E-state index contributed by atoms with van der Waals surface area (Å²) in [4.78, 5) is 26.9. The number of carbonyl (C=O) groups excluding carboxylic acids is 2. The fourth-order valence-corrected chi connectivity index (χ4v) is 4.19. The molecule has 1 atom stereocenters. The number of thioether (sulfide) groups is 1. The van der Waals surface area contributed by atoms with Crippen LogP contribution in [0.4, 0.5) is 17.6 Å². The molecular weight excluding hydrogens is 432 g/mol. The first-order valence-electron chi connectivity index (χ1n) is 9.85. The van der Waals surface area contributed by atoms with Crippen molar-refractivity contribution in [3.8, 4) is 0 Å². The van der Waals surface area contributed by atoms with Gasteiger partial charge in [0.15, 0.2) is 0 Å². The average molecular weight is 454 g/mol. The number of carbonyl (C=O) groups is 2. The largest absolute Gasteiger partial charge is 0.416 e. The summed E-state index contributed by atoms with van der Waals surface area (Å²) in [5, 5.41) is 2.78. The van der Waals surface area contributed by atoms with Crippen LogP contribution in [-0.4, -0.2) is 35.6 Å². The van der Waals surface area contributed by atoms with Crippen molar-refractivity contribution in [1.82, 2.24) is 10.2 Å². The molecule has 1 heterocycles. The van der Waals surface area contributed by atoms with Crippen molar-refractivity contribution in [2.45, 2.75) is 36.4 Å². The van der Waals surface area contributed by atoms with E-state index in [1.807, 2.05) is 0 Å². The molecular formula is C22H22F4N2O2S. The highest BCUT2D eigenvalue weighted by molar-refractivity contribution is 7.99. The SMILES string of the molecule is O=C(CCSc1ccc(F)cc1)N[C@H](CN1CCCC1=O)c1cccc(C(F)(F)F)c1. The van der Waals surface area contributed by atoms with Gasteiger partial charge in [0.25, 0.3) is 0 Å². The van der Waals surface area contributed by atoms with E-state index >= 15 is 0 Å². The van der Waals surface area contributed by atoms with Crippen molar-refractivity contribution in [1.29, 1.82) is 0 Å². The zero-order valence-electron chi connectivity index (χ0n) is 16.6. The van der Waals surface area contributed by atoms with Gasteiger partial charge in [-0.1, -0.05) is 12.1 Å². The second-order valence-corrected chi connectivity index (χ2v) is 8.41. The molecule has 1 N–H and O–H groups in total. The molecule has 0 bridgehead atoms. The summed E-state index contributed by atoms with van der Waals surface area (Å²) in [6, 6.07) is 9.96. The third-order valence-electron chi connectivity index (χ3n) is 4.94. The van der Waals surface area contributed by atoms with Crippen molar-refractivity contribution >= 4 is 23.6 Å². The van der Waals surface area contributed by atoms with Gasteiger partial charge >= 0.3 is 6.18 Å². The molecule has 2 aromatic rings. The van der Waals surface area contributed by atoms with Crippen LogP contribution in [0, 0.1) is 5.82 Å². The van der Waals surface area contributed by atoms with Crippen LogP contribution in [0.3, 0.4) is 0 Å². The number of nitrogens with one attached hydrogen (secondary N) is 1. The lowest BCUT2D eigenvalue weighted by Gasteiger charge is -2.26. The minimum Gasteiger partial charge on any atom is -0.347 e. The summed E-state index contributed by atoms with van der Waals surface area (Å²) in [7, 11) is 0. The number of halogens is 4. The average Bonchev–Trinajstić information content (AvgIpc) is 3.13. The monoisotopic (exact) mass is 454 g/mol. The molecule has 0 aromatic heterocycles. The van der Waals surface area contributed by atoms with E-state index < -0.39 is 17.8 Å². The Hall–Kier alpha value is -2.55. The molecule has 0 spiro atoms. The number of rotatable bonds is 8. The smallest absolute Gasteiger partial charge is 0.347 e. The van der Waals surface area contributed by atoms with Gasteiger partial charge in [0, 0.05) is 36.6 Å². The van der Waals surface area contributed by atoms with E-state index in [4.69, 9.17) is 0 Å².